The maximum atomic E-state index is 12.0. The first-order valence-electron chi connectivity index (χ1n) is 6.41. The second kappa shape index (κ2) is 6.78. The predicted octanol–water partition coefficient (Wildman–Crippen LogP) is 1.22. The number of carbonyl (C=O) groups is 2. The Labute approximate surface area is 113 Å². The summed E-state index contributed by atoms with van der Waals surface area (Å²) >= 11 is 0. The van der Waals surface area contributed by atoms with Gasteiger partial charge in [0.2, 0.25) is 5.91 Å². The van der Waals surface area contributed by atoms with Crippen molar-refractivity contribution in [3.05, 3.63) is 29.3 Å². The molecule has 0 radical (unpaired) electrons. The highest BCUT2D eigenvalue weighted by atomic mass is 16.2. The van der Waals surface area contributed by atoms with Gasteiger partial charge >= 0.3 is 0 Å². The molecule has 0 aliphatic carbocycles. The first-order chi connectivity index (χ1) is 8.97. The lowest BCUT2D eigenvalue weighted by molar-refractivity contribution is -0.122. The van der Waals surface area contributed by atoms with E-state index in [1.165, 1.54) is 0 Å². The van der Waals surface area contributed by atoms with Crippen molar-refractivity contribution < 1.29 is 9.59 Å². The monoisotopic (exact) mass is 263 g/mol. The Balaban J connectivity index is 2.69. The molecule has 5 nitrogen and oxygen atoms in total. The highest BCUT2D eigenvalue weighted by molar-refractivity contribution is 6.01. The van der Waals surface area contributed by atoms with Crippen molar-refractivity contribution in [1.82, 2.24) is 10.6 Å². The van der Waals surface area contributed by atoms with Crippen LogP contribution in [0.25, 0.3) is 0 Å². The fourth-order valence-electron chi connectivity index (χ4n) is 1.62. The van der Waals surface area contributed by atoms with Gasteiger partial charge in [0, 0.05) is 12.2 Å². The molecule has 0 bridgehead atoms. The van der Waals surface area contributed by atoms with E-state index in [4.69, 9.17) is 5.73 Å². The van der Waals surface area contributed by atoms with Gasteiger partial charge < -0.3 is 16.4 Å². The van der Waals surface area contributed by atoms with E-state index in [0.717, 1.165) is 12.0 Å². The second-order valence-electron chi connectivity index (χ2n) is 4.52. The highest BCUT2D eigenvalue weighted by Crippen LogP contribution is 2.16. The van der Waals surface area contributed by atoms with Crippen molar-refractivity contribution in [1.29, 1.82) is 0 Å². The largest absolute Gasteiger partial charge is 0.398 e. The van der Waals surface area contributed by atoms with Crippen LogP contribution in [0.3, 0.4) is 0 Å². The SMILES string of the molecule is CCCNC(=O)C(C)NC(=O)c1cccc(C)c1N. The van der Waals surface area contributed by atoms with Crippen molar-refractivity contribution in [3.8, 4) is 0 Å². The average molecular weight is 263 g/mol. The number of anilines is 1. The molecule has 0 heterocycles. The molecule has 0 spiro atoms. The number of nitrogens with one attached hydrogen (secondary N) is 2. The normalized spacial score (nSPS) is 11.7. The van der Waals surface area contributed by atoms with Crippen molar-refractivity contribution in [3.63, 3.8) is 0 Å². The minimum atomic E-state index is -0.584. The minimum Gasteiger partial charge on any atom is -0.398 e. The lowest BCUT2D eigenvalue weighted by Gasteiger charge is -2.15. The molecule has 1 atom stereocenters. The van der Waals surface area contributed by atoms with Crippen LogP contribution < -0.4 is 16.4 Å². The zero-order valence-electron chi connectivity index (χ0n) is 11.6. The summed E-state index contributed by atoms with van der Waals surface area (Å²) in [5.41, 5.74) is 7.54. The second-order valence-corrected chi connectivity index (χ2v) is 4.52. The Morgan fingerprint density at radius 3 is 2.68 bits per heavy atom. The van der Waals surface area contributed by atoms with E-state index in [9.17, 15) is 9.59 Å². The molecule has 0 saturated carbocycles. The standard InChI is InChI=1S/C14H21N3O2/c1-4-8-16-13(18)10(3)17-14(19)11-7-5-6-9(2)12(11)15/h5-7,10H,4,8,15H2,1-3H3,(H,16,18)(H,17,19). The number of amides is 2. The van der Waals surface area contributed by atoms with Crippen LogP contribution in [-0.2, 0) is 4.79 Å². The van der Waals surface area contributed by atoms with Crippen LogP contribution >= 0.6 is 0 Å². The number of benzene rings is 1. The fraction of sp³-hybridized carbons (Fsp3) is 0.429. The quantitative estimate of drug-likeness (QED) is 0.698. The summed E-state index contributed by atoms with van der Waals surface area (Å²) in [6.45, 7) is 6.06. The van der Waals surface area contributed by atoms with Crippen LogP contribution in [0.5, 0.6) is 0 Å². The Bertz CT molecular complexity index is 472. The minimum absolute atomic E-state index is 0.193. The molecule has 5 heteroatoms. The summed E-state index contributed by atoms with van der Waals surface area (Å²) in [5.74, 6) is -0.526. The Morgan fingerprint density at radius 2 is 2.05 bits per heavy atom. The Kier molecular flexibility index (Phi) is 5.36. The van der Waals surface area contributed by atoms with E-state index in [2.05, 4.69) is 10.6 Å². The molecular weight excluding hydrogens is 242 g/mol. The van der Waals surface area contributed by atoms with Gasteiger partial charge in [0.15, 0.2) is 0 Å². The summed E-state index contributed by atoms with van der Waals surface area (Å²) < 4.78 is 0. The molecule has 0 aliphatic rings. The van der Waals surface area contributed by atoms with Gasteiger partial charge in [-0.25, -0.2) is 0 Å². The van der Waals surface area contributed by atoms with E-state index in [-0.39, 0.29) is 11.8 Å². The molecule has 1 unspecified atom stereocenters. The maximum absolute atomic E-state index is 12.0. The van der Waals surface area contributed by atoms with Gasteiger partial charge in [0.1, 0.15) is 6.04 Å². The predicted molar refractivity (Wildman–Crippen MR) is 75.8 cm³/mol. The summed E-state index contributed by atoms with van der Waals surface area (Å²) in [6.07, 6.45) is 0.858. The van der Waals surface area contributed by atoms with E-state index in [1.807, 2.05) is 19.9 Å². The molecule has 104 valence electrons. The summed E-state index contributed by atoms with van der Waals surface area (Å²) in [6, 6.07) is 4.67. The summed E-state index contributed by atoms with van der Waals surface area (Å²) in [4.78, 5) is 23.7. The molecular formula is C14H21N3O2. The first kappa shape index (κ1) is 15.0. The third-order valence-corrected chi connectivity index (χ3v) is 2.86. The number of hydrogen-bond acceptors (Lipinski definition) is 3. The topological polar surface area (TPSA) is 84.2 Å². The Morgan fingerprint density at radius 1 is 1.37 bits per heavy atom. The van der Waals surface area contributed by atoms with E-state index >= 15 is 0 Å². The average Bonchev–Trinajstić information content (AvgIpc) is 2.38. The molecule has 4 N–H and O–H groups in total. The highest BCUT2D eigenvalue weighted by Gasteiger charge is 2.17. The summed E-state index contributed by atoms with van der Waals surface area (Å²) in [5, 5.41) is 5.37. The van der Waals surface area contributed by atoms with Gasteiger partial charge in [0.05, 0.1) is 5.56 Å². The zero-order valence-corrected chi connectivity index (χ0v) is 11.6. The van der Waals surface area contributed by atoms with Crippen LogP contribution in [0.15, 0.2) is 18.2 Å². The molecule has 1 aromatic carbocycles. The van der Waals surface area contributed by atoms with Gasteiger partial charge in [-0.2, -0.15) is 0 Å². The van der Waals surface area contributed by atoms with Crippen LogP contribution in [0.4, 0.5) is 5.69 Å². The maximum Gasteiger partial charge on any atom is 0.254 e. The Hall–Kier alpha value is -2.04. The number of para-hydroxylation sites is 1. The van der Waals surface area contributed by atoms with Crippen molar-refractivity contribution in [2.75, 3.05) is 12.3 Å². The van der Waals surface area contributed by atoms with Crippen LogP contribution in [-0.4, -0.2) is 24.4 Å². The fourth-order valence-corrected chi connectivity index (χ4v) is 1.62. The van der Waals surface area contributed by atoms with E-state index in [1.54, 1.807) is 19.1 Å². The van der Waals surface area contributed by atoms with Crippen LogP contribution in [0.1, 0.15) is 36.2 Å². The molecule has 0 aromatic heterocycles. The van der Waals surface area contributed by atoms with E-state index < -0.39 is 6.04 Å². The van der Waals surface area contributed by atoms with Gasteiger partial charge in [-0.05, 0) is 31.9 Å². The van der Waals surface area contributed by atoms with Gasteiger partial charge in [0.25, 0.3) is 5.91 Å². The summed E-state index contributed by atoms with van der Waals surface area (Å²) in [7, 11) is 0. The van der Waals surface area contributed by atoms with Gasteiger partial charge in [-0.15, -0.1) is 0 Å². The van der Waals surface area contributed by atoms with Crippen molar-refractivity contribution in [2.24, 2.45) is 0 Å². The third kappa shape index (κ3) is 3.98. The molecule has 1 rings (SSSR count). The lowest BCUT2D eigenvalue weighted by atomic mass is 10.1. The molecule has 0 aliphatic heterocycles. The number of nitrogen functional groups attached to an aromatic ring is 1. The lowest BCUT2D eigenvalue weighted by Crippen LogP contribution is -2.45. The number of nitrogens with two attached hydrogens (primary N) is 1. The van der Waals surface area contributed by atoms with Gasteiger partial charge in [-0.3, -0.25) is 9.59 Å². The number of carbonyl (C=O) groups excluding carboxylic acids is 2. The smallest absolute Gasteiger partial charge is 0.254 e. The van der Waals surface area contributed by atoms with Crippen LogP contribution in [0.2, 0.25) is 0 Å². The number of rotatable bonds is 5. The van der Waals surface area contributed by atoms with Gasteiger partial charge in [-0.1, -0.05) is 19.1 Å². The van der Waals surface area contributed by atoms with Crippen molar-refractivity contribution in [2.45, 2.75) is 33.2 Å². The molecule has 1 aromatic rings. The van der Waals surface area contributed by atoms with E-state index in [0.29, 0.717) is 17.8 Å². The molecule has 2 amide bonds. The zero-order chi connectivity index (χ0) is 14.4. The number of hydrogen-bond donors (Lipinski definition) is 3. The third-order valence-electron chi connectivity index (χ3n) is 2.86. The number of aryl methyl sites for hydroxylation is 1. The molecule has 0 fully saturated rings. The molecule has 0 saturated heterocycles. The van der Waals surface area contributed by atoms with Crippen molar-refractivity contribution >= 4 is 17.5 Å². The first-order valence-corrected chi connectivity index (χ1v) is 6.41. The molecule has 19 heavy (non-hydrogen) atoms. The van der Waals surface area contributed by atoms with Crippen LogP contribution in [0, 0.1) is 6.92 Å².